The van der Waals surface area contributed by atoms with Gasteiger partial charge in [-0.25, -0.2) is 4.98 Å². The highest BCUT2D eigenvalue weighted by atomic mass is 32.1. The van der Waals surface area contributed by atoms with Gasteiger partial charge in [-0.15, -0.1) is 0 Å². The Morgan fingerprint density at radius 3 is 2.88 bits per heavy atom. The molecule has 4 nitrogen and oxygen atoms in total. The number of hydrogen-bond acceptors (Lipinski definition) is 4. The van der Waals surface area contributed by atoms with Crippen LogP contribution in [0, 0.1) is 11.6 Å². The van der Waals surface area contributed by atoms with E-state index in [-0.39, 0.29) is 0 Å². The van der Waals surface area contributed by atoms with Gasteiger partial charge in [0.15, 0.2) is 0 Å². The number of aryl methyl sites for hydroxylation is 1. The van der Waals surface area contributed by atoms with Gasteiger partial charge in [0, 0.05) is 11.8 Å². The average Bonchev–Trinajstić information content (AvgIpc) is 2.28. The quantitative estimate of drug-likeness (QED) is 0.847. The molecule has 88 valence electrons. The van der Waals surface area contributed by atoms with Gasteiger partial charge in [-0.1, -0.05) is 12.2 Å². The smallest absolute Gasteiger partial charge is 0.138 e. The van der Waals surface area contributed by atoms with Crippen LogP contribution in [-0.2, 0) is 0 Å². The molecule has 1 N–H and O–H groups in total. The van der Waals surface area contributed by atoms with Crippen LogP contribution in [-0.4, -0.2) is 21.6 Å². The minimum Gasteiger partial charge on any atom is -0.492 e. The fraction of sp³-hybridized carbons (Fsp3) is 0.250. The van der Waals surface area contributed by atoms with Crippen LogP contribution >= 0.6 is 12.2 Å². The highest BCUT2D eigenvalue weighted by Gasteiger charge is 2.02. The highest BCUT2D eigenvalue weighted by Crippen LogP contribution is 2.20. The molecule has 0 bridgehead atoms. The minimum atomic E-state index is 0.568. The molecule has 0 amide bonds. The summed E-state index contributed by atoms with van der Waals surface area (Å²) in [6.45, 7) is 4.44. The van der Waals surface area contributed by atoms with Crippen LogP contribution < -0.4 is 4.74 Å². The van der Waals surface area contributed by atoms with Gasteiger partial charge in [0.1, 0.15) is 16.2 Å². The summed E-state index contributed by atoms with van der Waals surface area (Å²) in [5.41, 5.74) is 1.84. The highest BCUT2D eigenvalue weighted by molar-refractivity contribution is 7.71. The zero-order chi connectivity index (χ0) is 12.3. The van der Waals surface area contributed by atoms with E-state index in [0.717, 1.165) is 22.8 Å². The summed E-state index contributed by atoms with van der Waals surface area (Å²) in [6, 6.07) is 3.74. The molecule has 0 aliphatic carbocycles. The Bertz CT molecular complexity index is 580. The summed E-state index contributed by atoms with van der Waals surface area (Å²) in [7, 11) is 0. The Balaban J connectivity index is 2.45. The summed E-state index contributed by atoms with van der Waals surface area (Å²) in [4.78, 5) is 11.4. The van der Waals surface area contributed by atoms with Crippen LogP contribution in [0.3, 0.4) is 0 Å². The number of rotatable bonds is 3. The van der Waals surface area contributed by atoms with Crippen molar-refractivity contribution < 1.29 is 4.74 Å². The second kappa shape index (κ2) is 5.05. The van der Waals surface area contributed by atoms with Crippen LogP contribution in [0.1, 0.15) is 12.7 Å². The molecular weight excluding hydrogens is 234 g/mol. The van der Waals surface area contributed by atoms with E-state index < -0.39 is 0 Å². The predicted molar refractivity (Wildman–Crippen MR) is 68.6 cm³/mol. The number of H-pyrrole nitrogens is 1. The molecule has 0 unspecified atom stereocenters. The monoisotopic (exact) mass is 247 g/mol. The van der Waals surface area contributed by atoms with Gasteiger partial charge in [-0.05, 0) is 26.0 Å². The molecule has 0 atom stereocenters. The van der Waals surface area contributed by atoms with Gasteiger partial charge in [-0.3, -0.25) is 4.98 Å². The van der Waals surface area contributed by atoms with E-state index >= 15 is 0 Å². The lowest BCUT2D eigenvalue weighted by Gasteiger charge is -2.06. The van der Waals surface area contributed by atoms with Crippen molar-refractivity contribution in [3.63, 3.8) is 0 Å². The molecule has 0 aliphatic heterocycles. The molecule has 0 aromatic carbocycles. The minimum absolute atomic E-state index is 0.568. The first kappa shape index (κ1) is 11.7. The molecule has 0 saturated heterocycles. The molecular formula is C12H13N3OS. The van der Waals surface area contributed by atoms with Gasteiger partial charge in [0.05, 0.1) is 18.5 Å². The maximum Gasteiger partial charge on any atom is 0.138 e. The van der Waals surface area contributed by atoms with Gasteiger partial charge in [-0.2, -0.15) is 0 Å². The van der Waals surface area contributed by atoms with Crippen molar-refractivity contribution in [1.29, 1.82) is 0 Å². The Morgan fingerprint density at radius 1 is 1.35 bits per heavy atom. The summed E-state index contributed by atoms with van der Waals surface area (Å²) in [5, 5.41) is 0. The van der Waals surface area contributed by atoms with E-state index in [1.54, 1.807) is 12.4 Å². The van der Waals surface area contributed by atoms with Crippen molar-refractivity contribution in [2.24, 2.45) is 0 Å². The lowest BCUT2D eigenvalue weighted by molar-refractivity contribution is 0.339. The standard InChI is InChI=1S/C12H13N3OS/c1-3-16-10-4-9(6-13-7-10)11-5-12(17)15-8(2)14-11/h4-7H,3H2,1-2H3,(H,14,15,17). The van der Waals surface area contributed by atoms with Crippen molar-refractivity contribution in [2.75, 3.05) is 6.61 Å². The zero-order valence-corrected chi connectivity index (χ0v) is 10.5. The molecule has 2 heterocycles. The third-order valence-electron chi connectivity index (χ3n) is 2.20. The molecule has 0 radical (unpaired) electrons. The first-order valence-electron chi connectivity index (χ1n) is 5.35. The van der Waals surface area contributed by atoms with Crippen LogP contribution in [0.25, 0.3) is 11.3 Å². The van der Waals surface area contributed by atoms with Gasteiger partial charge >= 0.3 is 0 Å². The summed E-state index contributed by atoms with van der Waals surface area (Å²) in [5.74, 6) is 1.54. The van der Waals surface area contributed by atoms with Crippen molar-refractivity contribution in [3.8, 4) is 17.0 Å². The molecule has 2 rings (SSSR count). The fourth-order valence-corrected chi connectivity index (χ4v) is 1.80. The number of aromatic amines is 1. The van der Waals surface area contributed by atoms with E-state index in [2.05, 4.69) is 15.0 Å². The third-order valence-corrected chi connectivity index (χ3v) is 2.41. The molecule has 0 fully saturated rings. The van der Waals surface area contributed by atoms with Crippen LogP contribution in [0.4, 0.5) is 0 Å². The van der Waals surface area contributed by atoms with E-state index in [9.17, 15) is 0 Å². The number of hydrogen-bond donors (Lipinski definition) is 1. The summed E-state index contributed by atoms with van der Waals surface area (Å²) < 4.78 is 5.98. The lowest BCUT2D eigenvalue weighted by atomic mass is 10.2. The maximum atomic E-state index is 5.41. The van der Waals surface area contributed by atoms with Crippen LogP contribution in [0.2, 0.25) is 0 Å². The Labute approximate surface area is 105 Å². The van der Waals surface area contributed by atoms with Crippen molar-refractivity contribution in [1.82, 2.24) is 15.0 Å². The number of ether oxygens (including phenoxy) is 1. The molecule has 2 aromatic heterocycles. The molecule has 0 saturated carbocycles. The third kappa shape index (κ3) is 2.88. The second-order valence-electron chi connectivity index (χ2n) is 3.56. The Hall–Kier alpha value is -1.75. The van der Waals surface area contributed by atoms with Crippen LogP contribution in [0.15, 0.2) is 24.5 Å². The van der Waals surface area contributed by atoms with E-state index in [0.29, 0.717) is 11.2 Å². The average molecular weight is 247 g/mol. The van der Waals surface area contributed by atoms with E-state index in [1.165, 1.54) is 0 Å². The molecule has 17 heavy (non-hydrogen) atoms. The number of pyridine rings is 1. The first-order valence-corrected chi connectivity index (χ1v) is 5.76. The lowest BCUT2D eigenvalue weighted by Crippen LogP contribution is -1.95. The fourth-order valence-electron chi connectivity index (χ4n) is 1.55. The van der Waals surface area contributed by atoms with E-state index in [1.807, 2.05) is 26.0 Å². The van der Waals surface area contributed by atoms with Gasteiger partial charge in [0.2, 0.25) is 0 Å². The number of nitrogens with one attached hydrogen (secondary N) is 1. The van der Waals surface area contributed by atoms with Crippen molar-refractivity contribution in [3.05, 3.63) is 35.0 Å². The Morgan fingerprint density at radius 2 is 2.18 bits per heavy atom. The van der Waals surface area contributed by atoms with Crippen LogP contribution in [0.5, 0.6) is 5.75 Å². The second-order valence-corrected chi connectivity index (χ2v) is 3.98. The topological polar surface area (TPSA) is 50.8 Å². The number of aromatic nitrogens is 3. The summed E-state index contributed by atoms with van der Waals surface area (Å²) in [6.07, 6.45) is 3.46. The van der Waals surface area contributed by atoms with Crippen molar-refractivity contribution >= 4 is 12.2 Å². The van der Waals surface area contributed by atoms with Gasteiger partial charge < -0.3 is 9.72 Å². The maximum absolute atomic E-state index is 5.41. The first-order chi connectivity index (χ1) is 8.19. The Kier molecular flexibility index (Phi) is 3.49. The van der Waals surface area contributed by atoms with Crippen molar-refractivity contribution in [2.45, 2.75) is 13.8 Å². The largest absolute Gasteiger partial charge is 0.492 e. The molecule has 2 aromatic rings. The van der Waals surface area contributed by atoms with E-state index in [4.69, 9.17) is 17.0 Å². The molecule has 0 spiro atoms. The SMILES string of the molecule is CCOc1cncc(-c2cc(=S)nc(C)[nH]2)c1. The van der Waals surface area contributed by atoms with Gasteiger partial charge in [0.25, 0.3) is 0 Å². The molecule has 5 heteroatoms. The predicted octanol–water partition coefficient (Wildman–Crippen LogP) is 2.91. The zero-order valence-electron chi connectivity index (χ0n) is 9.73. The molecule has 0 aliphatic rings. The summed E-state index contributed by atoms with van der Waals surface area (Å²) >= 11 is 5.09. The number of nitrogens with zero attached hydrogens (tertiary/aromatic N) is 2. The normalized spacial score (nSPS) is 10.2.